The summed E-state index contributed by atoms with van der Waals surface area (Å²) in [5.74, 6) is 0.717. The molecule has 0 spiro atoms. The van der Waals surface area contributed by atoms with Crippen LogP contribution >= 0.6 is 0 Å². The number of hydrogen-bond acceptors (Lipinski definition) is 2. The fourth-order valence-corrected chi connectivity index (χ4v) is 2.48. The Morgan fingerprint density at radius 3 is 3.06 bits per heavy atom. The lowest BCUT2D eigenvalue weighted by Gasteiger charge is -2.21. The van der Waals surface area contributed by atoms with Crippen LogP contribution in [0.4, 0.5) is 0 Å². The third-order valence-electron chi connectivity index (χ3n) is 3.45. The summed E-state index contributed by atoms with van der Waals surface area (Å²) >= 11 is 0. The molecule has 0 saturated carbocycles. The Labute approximate surface area is 97.2 Å². The molecule has 0 radical (unpaired) electrons. The van der Waals surface area contributed by atoms with E-state index in [2.05, 4.69) is 29.4 Å². The van der Waals surface area contributed by atoms with Crippen molar-refractivity contribution in [3.05, 3.63) is 23.4 Å². The number of likely N-dealkylation sites (tertiary alicyclic amines) is 1. The minimum atomic E-state index is 0.0206. The minimum absolute atomic E-state index is 0.0206. The standard InChI is InChI=1S/C13H20N2O/c1-10(16)14-13-4-3-11-5-7-15(2)8-6-12(11)9-13/h4,9,11H,3,5-8H2,1-2H3,(H,14,16). The van der Waals surface area contributed by atoms with E-state index in [0.717, 1.165) is 25.1 Å². The maximum atomic E-state index is 11.0. The van der Waals surface area contributed by atoms with Crippen molar-refractivity contribution in [1.82, 2.24) is 10.2 Å². The summed E-state index contributed by atoms with van der Waals surface area (Å²) in [4.78, 5) is 13.4. The van der Waals surface area contributed by atoms with Crippen molar-refractivity contribution in [2.45, 2.75) is 26.2 Å². The van der Waals surface area contributed by atoms with Gasteiger partial charge in [-0.2, -0.15) is 0 Å². The molecule has 0 aromatic rings. The summed E-state index contributed by atoms with van der Waals surface area (Å²) < 4.78 is 0. The number of fused-ring (bicyclic) bond motifs is 1. The topological polar surface area (TPSA) is 32.3 Å². The molecule has 3 nitrogen and oxygen atoms in total. The number of rotatable bonds is 1. The second-order valence-electron chi connectivity index (χ2n) is 4.83. The lowest BCUT2D eigenvalue weighted by Crippen LogP contribution is -2.21. The van der Waals surface area contributed by atoms with Crippen molar-refractivity contribution in [3.8, 4) is 0 Å². The van der Waals surface area contributed by atoms with Crippen LogP contribution in [0.2, 0.25) is 0 Å². The van der Waals surface area contributed by atoms with Crippen molar-refractivity contribution in [3.63, 3.8) is 0 Å². The van der Waals surface area contributed by atoms with Crippen LogP contribution in [0.1, 0.15) is 26.2 Å². The quantitative estimate of drug-likeness (QED) is 0.729. The van der Waals surface area contributed by atoms with Gasteiger partial charge in [0, 0.05) is 19.2 Å². The Kier molecular flexibility index (Phi) is 3.44. The van der Waals surface area contributed by atoms with E-state index in [4.69, 9.17) is 0 Å². The highest BCUT2D eigenvalue weighted by Gasteiger charge is 2.21. The molecular weight excluding hydrogens is 200 g/mol. The fourth-order valence-electron chi connectivity index (χ4n) is 2.48. The van der Waals surface area contributed by atoms with Gasteiger partial charge in [0.15, 0.2) is 0 Å². The van der Waals surface area contributed by atoms with Gasteiger partial charge < -0.3 is 10.2 Å². The zero-order valence-electron chi connectivity index (χ0n) is 10.1. The average molecular weight is 220 g/mol. The largest absolute Gasteiger partial charge is 0.327 e. The van der Waals surface area contributed by atoms with Crippen molar-refractivity contribution in [1.29, 1.82) is 0 Å². The van der Waals surface area contributed by atoms with E-state index in [0.29, 0.717) is 5.92 Å². The van der Waals surface area contributed by atoms with Crippen LogP contribution in [0.5, 0.6) is 0 Å². The fraction of sp³-hybridized carbons (Fsp3) is 0.615. The highest BCUT2D eigenvalue weighted by Crippen LogP contribution is 2.30. The Balaban J connectivity index is 2.07. The molecule has 1 amide bonds. The summed E-state index contributed by atoms with van der Waals surface area (Å²) in [6.45, 7) is 3.88. The molecule has 0 bridgehead atoms. The van der Waals surface area contributed by atoms with Crippen LogP contribution in [0.3, 0.4) is 0 Å². The van der Waals surface area contributed by atoms with Crippen LogP contribution in [0.15, 0.2) is 23.4 Å². The van der Waals surface area contributed by atoms with Gasteiger partial charge >= 0.3 is 0 Å². The first-order chi connectivity index (χ1) is 7.65. The smallest absolute Gasteiger partial charge is 0.221 e. The van der Waals surface area contributed by atoms with Crippen molar-refractivity contribution < 1.29 is 4.79 Å². The molecule has 0 aromatic heterocycles. The predicted octanol–water partition coefficient (Wildman–Crippen LogP) is 1.68. The highest BCUT2D eigenvalue weighted by molar-refractivity contribution is 5.75. The van der Waals surface area contributed by atoms with Gasteiger partial charge in [0.1, 0.15) is 0 Å². The van der Waals surface area contributed by atoms with Gasteiger partial charge in [0.05, 0.1) is 0 Å². The zero-order valence-corrected chi connectivity index (χ0v) is 10.1. The molecule has 1 atom stereocenters. The summed E-state index contributed by atoms with van der Waals surface area (Å²) in [5, 5.41) is 2.88. The molecule has 2 aliphatic rings. The lowest BCUT2D eigenvalue weighted by molar-refractivity contribution is -0.118. The molecule has 88 valence electrons. The summed E-state index contributed by atoms with van der Waals surface area (Å²) in [6, 6.07) is 0. The molecule has 1 saturated heterocycles. The second-order valence-corrected chi connectivity index (χ2v) is 4.83. The minimum Gasteiger partial charge on any atom is -0.327 e. The van der Waals surface area contributed by atoms with Crippen molar-refractivity contribution >= 4 is 5.91 Å². The first-order valence-electron chi connectivity index (χ1n) is 6.02. The molecular formula is C13H20N2O. The highest BCUT2D eigenvalue weighted by atomic mass is 16.1. The molecule has 0 aromatic carbocycles. The van der Waals surface area contributed by atoms with Crippen LogP contribution in [0.25, 0.3) is 0 Å². The van der Waals surface area contributed by atoms with Gasteiger partial charge in [0.2, 0.25) is 5.91 Å². The van der Waals surface area contributed by atoms with Crippen LogP contribution in [-0.2, 0) is 4.79 Å². The Hall–Kier alpha value is -1.09. The maximum Gasteiger partial charge on any atom is 0.221 e. The van der Waals surface area contributed by atoms with Crippen molar-refractivity contribution in [2.75, 3.05) is 20.1 Å². The number of carbonyl (C=O) groups is 1. The molecule has 1 aliphatic heterocycles. The van der Waals surface area contributed by atoms with Gasteiger partial charge in [-0.3, -0.25) is 4.79 Å². The van der Waals surface area contributed by atoms with Gasteiger partial charge in [-0.15, -0.1) is 0 Å². The Bertz CT molecular complexity index is 344. The SMILES string of the molecule is CC(=O)NC1=CCC2CCN(C)CCC2=C1. The molecule has 1 aliphatic carbocycles. The predicted molar refractivity (Wildman–Crippen MR) is 64.8 cm³/mol. The number of nitrogens with one attached hydrogen (secondary N) is 1. The molecule has 1 unspecified atom stereocenters. The maximum absolute atomic E-state index is 11.0. The normalized spacial score (nSPS) is 26.2. The number of hydrogen-bond donors (Lipinski definition) is 1. The summed E-state index contributed by atoms with van der Waals surface area (Å²) in [5.41, 5.74) is 2.50. The first-order valence-corrected chi connectivity index (χ1v) is 6.02. The van der Waals surface area contributed by atoms with Gasteiger partial charge in [0.25, 0.3) is 0 Å². The van der Waals surface area contributed by atoms with E-state index in [-0.39, 0.29) is 5.91 Å². The van der Waals surface area contributed by atoms with Gasteiger partial charge in [-0.1, -0.05) is 11.6 Å². The number of nitrogens with zero attached hydrogens (tertiary/aromatic N) is 1. The van der Waals surface area contributed by atoms with E-state index >= 15 is 0 Å². The summed E-state index contributed by atoms with van der Waals surface area (Å²) in [6.07, 6.45) is 7.79. The van der Waals surface area contributed by atoms with Gasteiger partial charge in [-0.25, -0.2) is 0 Å². The zero-order chi connectivity index (χ0) is 11.5. The van der Waals surface area contributed by atoms with Crippen LogP contribution < -0.4 is 5.32 Å². The Morgan fingerprint density at radius 1 is 1.50 bits per heavy atom. The molecule has 1 fully saturated rings. The van der Waals surface area contributed by atoms with E-state index in [1.807, 2.05) is 0 Å². The third-order valence-corrected chi connectivity index (χ3v) is 3.45. The summed E-state index contributed by atoms with van der Waals surface area (Å²) in [7, 11) is 2.18. The monoisotopic (exact) mass is 220 g/mol. The van der Waals surface area contributed by atoms with E-state index < -0.39 is 0 Å². The number of allylic oxidation sites excluding steroid dienone is 2. The number of amides is 1. The van der Waals surface area contributed by atoms with E-state index in [1.165, 1.54) is 18.5 Å². The van der Waals surface area contributed by atoms with Gasteiger partial charge in [-0.05, 0) is 44.8 Å². The molecule has 2 rings (SSSR count). The van der Waals surface area contributed by atoms with E-state index in [9.17, 15) is 4.79 Å². The first kappa shape index (κ1) is 11.4. The third kappa shape index (κ3) is 2.73. The molecule has 3 heteroatoms. The second kappa shape index (κ2) is 4.83. The van der Waals surface area contributed by atoms with Crippen molar-refractivity contribution in [2.24, 2.45) is 5.92 Å². The van der Waals surface area contributed by atoms with Crippen LogP contribution in [-0.4, -0.2) is 30.9 Å². The lowest BCUT2D eigenvalue weighted by atomic mass is 9.87. The van der Waals surface area contributed by atoms with Crippen LogP contribution in [0, 0.1) is 5.92 Å². The Morgan fingerprint density at radius 2 is 2.31 bits per heavy atom. The molecule has 1 N–H and O–H groups in total. The molecule has 16 heavy (non-hydrogen) atoms. The average Bonchev–Trinajstić information content (AvgIpc) is 2.40. The van der Waals surface area contributed by atoms with E-state index in [1.54, 1.807) is 6.92 Å². The number of carbonyl (C=O) groups excluding carboxylic acids is 1. The molecule has 1 heterocycles.